The molecule has 1 aliphatic heterocycles. The molecule has 98 valence electrons. The number of nitrogens with one attached hydrogen (secondary N) is 1. The molecular weight excluding hydrogens is 226 g/mol. The van der Waals surface area contributed by atoms with Gasteiger partial charge in [0.25, 0.3) is 0 Å². The molecule has 0 atom stereocenters. The average Bonchev–Trinajstić information content (AvgIpc) is 2.62. The normalized spacial score (nSPS) is 14.9. The Morgan fingerprint density at radius 2 is 2.17 bits per heavy atom. The Hall–Kier alpha value is -1.55. The molecule has 1 aliphatic rings. The zero-order valence-electron chi connectivity index (χ0n) is 11.3. The van der Waals surface area contributed by atoms with Gasteiger partial charge in [-0.3, -0.25) is 4.79 Å². The molecule has 3 N–H and O–H groups in total. The minimum atomic E-state index is 0.0750. The van der Waals surface area contributed by atoms with Crippen molar-refractivity contribution in [2.45, 2.75) is 20.3 Å². The van der Waals surface area contributed by atoms with Gasteiger partial charge >= 0.3 is 0 Å². The fraction of sp³-hybridized carbons (Fsp3) is 0.500. The zero-order chi connectivity index (χ0) is 13.3. The van der Waals surface area contributed by atoms with Gasteiger partial charge in [-0.2, -0.15) is 0 Å². The van der Waals surface area contributed by atoms with Crippen molar-refractivity contribution in [3.63, 3.8) is 0 Å². The van der Waals surface area contributed by atoms with E-state index in [1.165, 1.54) is 0 Å². The van der Waals surface area contributed by atoms with Crippen LogP contribution in [0.25, 0.3) is 0 Å². The molecule has 0 saturated heterocycles. The van der Waals surface area contributed by atoms with Crippen LogP contribution in [-0.2, 0) is 11.2 Å². The number of benzene rings is 1. The maximum atomic E-state index is 11.6. The Kier molecular flexibility index (Phi) is 3.30. The second kappa shape index (κ2) is 4.61. The van der Waals surface area contributed by atoms with E-state index in [4.69, 9.17) is 5.73 Å². The number of nitrogens with zero attached hydrogens (tertiary/aromatic N) is 1. The fourth-order valence-corrected chi connectivity index (χ4v) is 1.99. The molecule has 2 rings (SSSR count). The number of nitrogens with two attached hydrogens (primary N) is 1. The zero-order valence-corrected chi connectivity index (χ0v) is 11.3. The van der Waals surface area contributed by atoms with Crippen LogP contribution in [0.3, 0.4) is 0 Å². The summed E-state index contributed by atoms with van der Waals surface area (Å²) in [7, 11) is 1.82. The summed E-state index contributed by atoms with van der Waals surface area (Å²) in [5, 5.41) is 3.39. The molecule has 1 amide bonds. The molecule has 1 aromatic carbocycles. The molecule has 0 fully saturated rings. The SMILES string of the molecule is CN1C(=O)Cc2cc(NCC(C)(C)CN)ccc21. The van der Waals surface area contributed by atoms with E-state index in [2.05, 4.69) is 25.2 Å². The van der Waals surface area contributed by atoms with Gasteiger partial charge < -0.3 is 16.0 Å². The lowest BCUT2D eigenvalue weighted by molar-refractivity contribution is -0.117. The van der Waals surface area contributed by atoms with E-state index in [1.807, 2.05) is 19.2 Å². The van der Waals surface area contributed by atoms with Crippen LogP contribution >= 0.6 is 0 Å². The van der Waals surface area contributed by atoms with E-state index < -0.39 is 0 Å². The minimum Gasteiger partial charge on any atom is -0.384 e. The number of anilines is 2. The third-order valence-corrected chi connectivity index (χ3v) is 3.48. The van der Waals surface area contributed by atoms with Crippen LogP contribution in [-0.4, -0.2) is 26.0 Å². The van der Waals surface area contributed by atoms with Gasteiger partial charge in [-0.05, 0) is 35.7 Å². The highest BCUT2D eigenvalue weighted by molar-refractivity contribution is 6.01. The van der Waals surface area contributed by atoms with Gasteiger partial charge in [-0.15, -0.1) is 0 Å². The first-order chi connectivity index (χ1) is 8.43. The maximum absolute atomic E-state index is 11.6. The highest BCUT2D eigenvalue weighted by Crippen LogP contribution is 2.30. The van der Waals surface area contributed by atoms with Crippen LogP contribution in [0, 0.1) is 5.41 Å². The molecule has 0 unspecified atom stereocenters. The summed E-state index contributed by atoms with van der Waals surface area (Å²) in [6.45, 7) is 5.73. The summed E-state index contributed by atoms with van der Waals surface area (Å²) >= 11 is 0. The highest BCUT2D eigenvalue weighted by atomic mass is 16.2. The van der Waals surface area contributed by atoms with Crippen LogP contribution in [0.5, 0.6) is 0 Å². The Bertz CT molecular complexity index is 468. The van der Waals surface area contributed by atoms with Crippen LogP contribution in [0.15, 0.2) is 18.2 Å². The Balaban J connectivity index is 2.10. The number of hydrogen-bond acceptors (Lipinski definition) is 3. The quantitative estimate of drug-likeness (QED) is 0.849. The second-order valence-electron chi connectivity index (χ2n) is 5.69. The van der Waals surface area contributed by atoms with Crippen LogP contribution in [0.1, 0.15) is 19.4 Å². The lowest BCUT2D eigenvalue weighted by atomic mass is 9.94. The maximum Gasteiger partial charge on any atom is 0.231 e. The predicted molar refractivity (Wildman–Crippen MR) is 74.9 cm³/mol. The molecule has 18 heavy (non-hydrogen) atoms. The van der Waals surface area contributed by atoms with Crippen LogP contribution in [0.4, 0.5) is 11.4 Å². The summed E-state index contributed by atoms with van der Waals surface area (Å²) in [5.74, 6) is 0.157. The number of fused-ring (bicyclic) bond motifs is 1. The Morgan fingerprint density at radius 3 is 2.83 bits per heavy atom. The van der Waals surface area contributed by atoms with Crippen molar-refractivity contribution in [3.8, 4) is 0 Å². The number of carbonyl (C=O) groups excluding carboxylic acids is 1. The average molecular weight is 247 g/mol. The number of carbonyl (C=O) groups is 1. The number of rotatable bonds is 4. The molecule has 0 radical (unpaired) electrons. The molecule has 0 bridgehead atoms. The summed E-state index contributed by atoms with van der Waals surface area (Å²) < 4.78 is 0. The smallest absolute Gasteiger partial charge is 0.231 e. The van der Waals surface area contributed by atoms with E-state index in [9.17, 15) is 4.79 Å². The molecule has 0 spiro atoms. The first kappa shape index (κ1) is 12.9. The van der Waals surface area contributed by atoms with Crippen molar-refractivity contribution in [3.05, 3.63) is 23.8 Å². The van der Waals surface area contributed by atoms with Crippen molar-refractivity contribution in [2.75, 3.05) is 30.4 Å². The van der Waals surface area contributed by atoms with Crippen molar-refractivity contribution in [1.82, 2.24) is 0 Å². The molecule has 0 aliphatic carbocycles. The number of hydrogen-bond donors (Lipinski definition) is 2. The summed E-state index contributed by atoms with van der Waals surface area (Å²) in [6.07, 6.45) is 0.502. The highest BCUT2D eigenvalue weighted by Gasteiger charge is 2.24. The summed E-state index contributed by atoms with van der Waals surface area (Å²) in [6, 6.07) is 6.07. The largest absolute Gasteiger partial charge is 0.384 e. The van der Waals surface area contributed by atoms with E-state index in [1.54, 1.807) is 4.90 Å². The molecule has 1 aromatic rings. The fourth-order valence-electron chi connectivity index (χ4n) is 1.99. The Labute approximate surface area is 108 Å². The van der Waals surface area contributed by atoms with Crippen molar-refractivity contribution >= 4 is 17.3 Å². The molecule has 1 heterocycles. The first-order valence-corrected chi connectivity index (χ1v) is 6.26. The molecule has 0 saturated carbocycles. The van der Waals surface area contributed by atoms with E-state index >= 15 is 0 Å². The van der Waals surface area contributed by atoms with Crippen LogP contribution < -0.4 is 16.0 Å². The standard InChI is InChI=1S/C14H21N3O/c1-14(2,8-15)9-16-11-4-5-12-10(6-11)7-13(18)17(12)3/h4-6,16H,7-9,15H2,1-3H3. The first-order valence-electron chi connectivity index (χ1n) is 6.26. The predicted octanol–water partition coefficient (Wildman–Crippen LogP) is 1.60. The van der Waals surface area contributed by atoms with Crippen molar-refractivity contribution < 1.29 is 4.79 Å². The van der Waals surface area contributed by atoms with Gasteiger partial charge in [0.05, 0.1) is 6.42 Å². The van der Waals surface area contributed by atoms with E-state index in [-0.39, 0.29) is 11.3 Å². The molecule has 0 aromatic heterocycles. The van der Waals surface area contributed by atoms with Gasteiger partial charge in [0.15, 0.2) is 0 Å². The van der Waals surface area contributed by atoms with Crippen molar-refractivity contribution in [2.24, 2.45) is 11.1 Å². The van der Waals surface area contributed by atoms with E-state index in [0.29, 0.717) is 13.0 Å². The van der Waals surface area contributed by atoms with Crippen LogP contribution in [0.2, 0.25) is 0 Å². The third-order valence-electron chi connectivity index (χ3n) is 3.48. The Morgan fingerprint density at radius 1 is 1.44 bits per heavy atom. The van der Waals surface area contributed by atoms with Gasteiger partial charge in [-0.1, -0.05) is 13.8 Å². The third kappa shape index (κ3) is 2.48. The van der Waals surface area contributed by atoms with Gasteiger partial charge in [-0.25, -0.2) is 0 Å². The van der Waals surface area contributed by atoms with E-state index in [0.717, 1.165) is 23.5 Å². The summed E-state index contributed by atoms with van der Waals surface area (Å²) in [4.78, 5) is 13.3. The minimum absolute atomic E-state index is 0.0750. The molecular formula is C14H21N3O. The number of likely N-dealkylation sites (N-methyl/N-ethyl adjacent to an activating group) is 1. The van der Waals surface area contributed by atoms with Gasteiger partial charge in [0.2, 0.25) is 5.91 Å². The molecule has 4 heteroatoms. The number of amides is 1. The molecule has 4 nitrogen and oxygen atoms in total. The summed E-state index contributed by atoms with van der Waals surface area (Å²) in [5.41, 5.74) is 8.95. The van der Waals surface area contributed by atoms with Gasteiger partial charge in [0.1, 0.15) is 0 Å². The lowest BCUT2D eigenvalue weighted by Crippen LogP contribution is -2.31. The van der Waals surface area contributed by atoms with Gasteiger partial charge in [0, 0.05) is 25.0 Å². The topological polar surface area (TPSA) is 58.4 Å². The van der Waals surface area contributed by atoms with Crippen molar-refractivity contribution in [1.29, 1.82) is 0 Å². The lowest BCUT2D eigenvalue weighted by Gasteiger charge is -2.23. The second-order valence-corrected chi connectivity index (χ2v) is 5.69. The monoisotopic (exact) mass is 247 g/mol.